The number of anilines is 1. The molecule has 0 spiro atoms. The number of likely N-dealkylation sites (tertiary alicyclic amines) is 1. The molecule has 5 heteroatoms. The van der Waals surface area contributed by atoms with Gasteiger partial charge >= 0.3 is 5.97 Å². The molecule has 1 unspecified atom stereocenters. The van der Waals surface area contributed by atoms with Crippen molar-refractivity contribution in [3.8, 4) is 0 Å². The van der Waals surface area contributed by atoms with Gasteiger partial charge in [-0.25, -0.2) is 4.79 Å². The Morgan fingerprint density at radius 1 is 1.25 bits per heavy atom. The van der Waals surface area contributed by atoms with Crippen molar-refractivity contribution in [3.05, 3.63) is 41.5 Å². The molecule has 152 valence electrons. The van der Waals surface area contributed by atoms with Crippen molar-refractivity contribution in [1.29, 1.82) is 0 Å². The van der Waals surface area contributed by atoms with Crippen LogP contribution in [0.4, 0.5) is 5.69 Å². The fraction of sp³-hybridized carbons (Fsp3) is 0.609. The second-order valence-corrected chi connectivity index (χ2v) is 8.77. The summed E-state index contributed by atoms with van der Waals surface area (Å²) in [6, 6.07) is 7.13. The number of nitrogens with zero attached hydrogens (tertiary/aromatic N) is 1. The number of benzene rings is 1. The molecule has 3 atom stereocenters. The van der Waals surface area contributed by atoms with E-state index in [2.05, 4.69) is 17.9 Å². The maximum absolute atomic E-state index is 12.7. The summed E-state index contributed by atoms with van der Waals surface area (Å²) >= 11 is 0. The topological polar surface area (TPSA) is 64.8 Å². The Morgan fingerprint density at radius 2 is 2.07 bits per heavy atom. The van der Waals surface area contributed by atoms with Gasteiger partial charge in [-0.15, -0.1) is 0 Å². The molecular weight excluding hydrogens is 352 g/mol. The lowest BCUT2D eigenvalue weighted by atomic mass is 9.52. The van der Waals surface area contributed by atoms with Crippen LogP contribution in [0.5, 0.6) is 0 Å². The fourth-order valence-electron chi connectivity index (χ4n) is 5.79. The number of ether oxygens (including phenoxy) is 2. The van der Waals surface area contributed by atoms with Gasteiger partial charge in [0, 0.05) is 36.7 Å². The van der Waals surface area contributed by atoms with Gasteiger partial charge in [0.1, 0.15) is 6.61 Å². The summed E-state index contributed by atoms with van der Waals surface area (Å²) in [6.07, 6.45) is 8.26. The van der Waals surface area contributed by atoms with Gasteiger partial charge in [-0.2, -0.15) is 0 Å². The van der Waals surface area contributed by atoms with Crippen LogP contribution in [0, 0.1) is 10.8 Å². The smallest absolute Gasteiger partial charge is 0.340 e. The van der Waals surface area contributed by atoms with E-state index < -0.39 is 0 Å². The van der Waals surface area contributed by atoms with Crippen LogP contribution in [0.2, 0.25) is 0 Å². The Morgan fingerprint density at radius 3 is 2.82 bits per heavy atom. The quantitative estimate of drug-likeness (QED) is 0.477. The molecule has 2 aliphatic carbocycles. The van der Waals surface area contributed by atoms with Crippen LogP contribution in [0.15, 0.2) is 35.9 Å². The summed E-state index contributed by atoms with van der Waals surface area (Å²) in [7, 11) is 1.79. The maximum atomic E-state index is 12.7. The van der Waals surface area contributed by atoms with Crippen molar-refractivity contribution in [2.24, 2.45) is 10.8 Å². The van der Waals surface area contributed by atoms with E-state index in [1.165, 1.54) is 18.4 Å². The van der Waals surface area contributed by atoms with Crippen LogP contribution < -0.4 is 5.73 Å². The normalized spacial score (nSPS) is 32.4. The third kappa shape index (κ3) is 3.25. The molecular formula is C23H32N2O3. The van der Waals surface area contributed by atoms with Gasteiger partial charge in [-0.05, 0) is 44.4 Å². The molecule has 5 nitrogen and oxygen atoms in total. The summed E-state index contributed by atoms with van der Waals surface area (Å²) in [6.45, 7) is 5.75. The highest BCUT2D eigenvalue weighted by molar-refractivity contribution is 5.95. The lowest BCUT2D eigenvalue weighted by Crippen LogP contribution is -2.59. The van der Waals surface area contributed by atoms with E-state index in [0.717, 1.165) is 38.9 Å². The van der Waals surface area contributed by atoms with Crippen molar-refractivity contribution < 1.29 is 14.3 Å². The Hall–Kier alpha value is -1.85. The first-order chi connectivity index (χ1) is 13.5. The number of para-hydroxylation sites is 1. The summed E-state index contributed by atoms with van der Waals surface area (Å²) in [4.78, 5) is 15.3. The lowest BCUT2D eigenvalue weighted by Gasteiger charge is -2.59. The number of nitrogens with two attached hydrogens (primary N) is 1. The average molecular weight is 385 g/mol. The fourth-order valence-corrected chi connectivity index (χ4v) is 5.79. The Balaban J connectivity index is 1.63. The molecule has 1 heterocycles. The first-order valence-electron chi connectivity index (χ1n) is 10.5. The molecule has 1 saturated carbocycles. The van der Waals surface area contributed by atoms with Crippen LogP contribution >= 0.6 is 0 Å². The number of carbonyl (C=O) groups is 1. The van der Waals surface area contributed by atoms with Crippen molar-refractivity contribution in [3.63, 3.8) is 0 Å². The zero-order valence-electron chi connectivity index (χ0n) is 17.1. The molecule has 2 bridgehead atoms. The molecule has 2 fully saturated rings. The number of nitrogen functional groups attached to an aromatic ring is 1. The van der Waals surface area contributed by atoms with Crippen molar-refractivity contribution in [2.75, 3.05) is 39.1 Å². The van der Waals surface area contributed by atoms with E-state index in [4.69, 9.17) is 15.2 Å². The molecule has 1 aromatic rings. The number of carbonyl (C=O) groups excluding carboxylic acids is 1. The van der Waals surface area contributed by atoms with Crippen LogP contribution in [-0.2, 0) is 9.47 Å². The third-order valence-corrected chi connectivity index (χ3v) is 7.18. The summed E-state index contributed by atoms with van der Waals surface area (Å²) in [5.74, 6) is -0.322. The number of esters is 1. The van der Waals surface area contributed by atoms with Crippen LogP contribution in [0.1, 0.15) is 49.4 Å². The molecule has 3 aliphatic rings. The summed E-state index contributed by atoms with van der Waals surface area (Å²) in [5.41, 5.74) is 8.51. The summed E-state index contributed by atoms with van der Waals surface area (Å²) < 4.78 is 11.6. The highest BCUT2D eigenvalue weighted by Crippen LogP contribution is 2.59. The van der Waals surface area contributed by atoms with E-state index in [1.54, 1.807) is 19.2 Å². The number of rotatable bonds is 5. The minimum Gasteiger partial charge on any atom is -0.461 e. The Kier molecular flexibility index (Phi) is 5.23. The largest absolute Gasteiger partial charge is 0.461 e. The second kappa shape index (κ2) is 7.53. The monoisotopic (exact) mass is 384 g/mol. The Labute approximate surface area is 167 Å². The Bertz CT molecular complexity index is 777. The van der Waals surface area contributed by atoms with Gasteiger partial charge < -0.3 is 20.1 Å². The molecule has 0 radical (unpaired) electrons. The maximum Gasteiger partial charge on any atom is 0.340 e. The number of hydrogen-bond donors (Lipinski definition) is 1. The van der Waals surface area contributed by atoms with Gasteiger partial charge in [0.2, 0.25) is 0 Å². The van der Waals surface area contributed by atoms with Crippen LogP contribution in [-0.4, -0.2) is 50.3 Å². The SMILES string of the molecule is CCN1C[C@]23CCC[C@](COC(=O)c4ccccc4N)(C1)C2=CC(OC)CC3. The van der Waals surface area contributed by atoms with Crippen molar-refractivity contribution in [2.45, 2.75) is 45.1 Å². The molecule has 0 aromatic heterocycles. The third-order valence-electron chi connectivity index (χ3n) is 7.18. The first-order valence-corrected chi connectivity index (χ1v) is 10.5. The predicted molar refractivity (Wildman–Crippen MR) is 110 cm³/mol. The number of hydrogen-bond acceptors (Lipinski definition) is 5. The van der Waals surface area contributed by atoms with E-state index in [1.807, 2.05) is 12.1 Å². The molecule has 0 amide bonds. The highest BCUT2D eigenvalue weighted by Gasteiger charge is 2.55. The standard InChI is InChI=1S/C23H32N2O3/c1-3-25-14-22-10-6-11-23(15-25,20(22)13-17(27-2)9-12-22)16-28-21(26)18-7-4-5-8-19(18)24/h4-5,7-8,13,17H,3,6,9-12,14-16,24H2,1-2H3/t17?,22-,23-/m1/s1. The van der Waals surface area contributed by atoms with Crippen molar-refractivity contribution in [1.82, 2.24) is 4.90 Å². The molecule has 4 rings (SSSR count). The zero-order valence-corrected chi connectivity index (χ0v) is 17.1. The van der Waals surface area contributed by atoms with Gasteiger partial charge in [0.05, 0.1) is 11.7 Å². The van der Waals surface area contributed by atoms with Gasteiger partial charge in [0.15, 0.2) is 0 Å². The molecule has 2 N–H and O–H groups in total. The van der Waals surface area contributed by atoms with E-state index in [9.17, 15) is 4.79 Å². The molecule has 28 heavy (non-hydrogen) atoms. The minimum atomic E-state index is -0.322. The van der Waals surface area contributed by atoms with Gasteiger partial charge in [0.25, 0.3) is 0 Å². The van der Waals surface area contributed by atoms with Crippen molar-refractivity contribution >= 4 is 11.7 Å². The van der Waals surface area contributed by atoms with Crippen LogP contribution in [0.25, 0.3) is 0 Å². The second-order valence-electron chi connectivity index (χ2n) is 8.77. The first kappa shape index (κ1) is 19.5. The predicted octanol–water partition coefficient (Wildman–Crippen LogP) is 3.65. The molecule has 1 saturated heterocycles. The molecule has 1 aromatic carbocycles. The van der Waals surface area contributed by atoms with Gasteiger partial charge in [-0.1, -0.05) is 37.1 Å². The summed E-state index contributed by atoms with van der Waals surface area (Å²) in [5, 5.41) is 0. The number of piperidine rings is 1. The number of methoxy groups -OCH3 is 1. The van der Waals surface area contributed by atoms with Gasteiger partial charge in [-0.3, -0.25) is 0 Å². The average Bonchev–Trinajstić information content (AvgIpc) is 2.71. The molecule has 1 aliphatic heterocycles. The zero-order chi connectivity index (χ0) is 19.8. The van der Waals surface area contributed by atoms with Crippen LogP contribution in [0.3, 0.4) is 0 Å². The highest BCUT2D eigenvalue weighted by atomic mass is 16.5. The van der Waals surface area contributed by atoms with E-state index in [-0.39, 0.29) is 22.9 Å². The van der Waals surface area contributed by atoms with E-state index in [0.29, 0.717) is 17.9 Å². The lowest BCUT2D eigenvalue weighted by molar-refractivity contribution is -0.0430. The minimum absolute atomic E-state index is 0.108. The van der Waals surface area contributed by atoms with E-state index >= 15 is 0 Å².